The molecule has 1 saturated carbocycles. The molecule has 0 aromatic heterocycles. The number of methoxy groups -OCH3 is 2. The van der Waals surface area contributed by atoms with Gasteiger partial charge in [-0.15, -0.1) is 0 Å². The molecule has 262 valence electrons. The molecule has 3 aliphatic rings. The van der Waals surface area contributed by atoms with Crippen molar-refractivity contribution in [2.75, 3.05) is 28.3 Å². The summed E-state index contributed by atoms with van der Waals surface area (Å²) in [6.45, 7) is 4.34. The van der Waals surface area contributed by atoms with E-state index in [-0.39, 0.29) is 41.6 Å². The highest BCUT2D eigenvalue weighted by molar-refractivity contribution is 6.24. The average molecular weight is 678 g/mol. The number of phenolic OH excluding ortho intramolecular Hbond substituents is 1. The molecule has 13 heteroatoms. The number of rotatable bonds is 10. The van der Waals surface area contributed by atoms with Gasteiger partial charge in [0.2, 0.25) is 5.78 Å². The normalized spacial score (nSPS) is 24.1. The van der Waals surface area contributed by atoms with Crippen LogP contribution in [0.2, 0.25) is 0 Å². The fraction of sp³-hybridized carbons (Fsp3) is 0.444. The van der Waals surface area contributed by atoms with E-state index in [1.165, 1.54) is 25.2 Å². The molecule has 0 aliphatic heterocycles. The van der Waals surface area contributed by atoms with Crippen molar-refractivity contribution in [3.63, 3.8) is 0 Å². The maximum absolute atomic E-state index is 14.2. The summed E-state index contributed by atoms with van der Waals surface area (Å²) in [4.78, 5) is 53.7. The number of aromatic hydroxyl groups is 1. The number of aliphatic hydroxyl groups excluding tert-OH is 2. The Morgan fingerprint density at radius 3 is 2.37 bits per heavy atom. The third kappa shape index (κ3) is 5.85. The molecular formula is C36H43N3O10. The molecule has 0 radical (unpaired) electrons. The summed E-state index contributed by atoms with van der Waals surface area (Å²) in [5.41, 5.74) is 4.10. The topological polar surface area (TPSA) is 209 Å². The third-order valence-corrected chi connectivity index (χ3v) is 9.90. The van der Waals surface area contributed by atoms with Crippen LogP contribution < -0.4 is 15.8 Å². The fourth-order valence-electron chi connectivity index (χ4n) is 7.69. The zero-order chi connectivity index (χ0) is 36.1. The fourth-order valence-corrected chi connectivity index (χ4v) is 7.69. The van der Waals surface area contributed by atoms with Crippen LogP contribution in [0.1, 0.15) is 43.4 Å². The van der Waals surface area contributed by atoms with Crippen molar-refractivity contribution in [2.45, 2.75) is 57.3 Å². The lowest BCUT2D eigenvalue weighted by molar-refractivity contribution is -0.153. The molecule has 0 saturated heterocycles. The molecule has 2 aromatic rings. The highest BCUT2D eigenvalue weighted by Crippen LogP contribution is 2.54. The summed E-state index contributed by atoms with van der Waals surface area (Å²) < 4.78 is 10.7. The Labute approximate surface area is 284 Å². The standard InChI is InChI=1S/C36H43N3O10/c1-16(2)11-23(35(46)49-6)38-15-17-7-10-25(48-5)20(12-17)19-8-9-24(40)27-21(19)13-18-14-22-29(39(3)4)31(42)28(34(37)45)33(44)36(22,47)32(43)26(18)30(27)41/h7-10,12,16,18,22-23,29,38,40-41,44,47H,11,13-15H2,1-6H3,(H2,37,45)/t18-,22-,23?,29?,36-/m0/s1. The molecule has 5 rings (SSSR count). The molecule has 0 heterocycles. The van der Waals surface area contributed by atoms with E-state index in [0.717, 1.165) is 5.56 Å². The third-order valence-electron chi connectivity index (χ3n) is 9.90. The summed E-state index contributed by atoms with van der Waals surface area (Å²) in [5, 5.41) is 48.9. The number of hydrogen-bond acceptors (Lipinski definition) is 12. The first-order chi connectivity index (χ1) is 23.1. The van der Waals surface area contributed by atoms with E-state index in [9.17, 15) is 39.6 Å². The van der Waals surface area contributed by atoms with Crippen molar-refractivity contribution < 1.29 is 49.1 Å². The SMILES string of the molecule is COC(=O)C(CC(C)C)NCc1ccc(OC)c(-c2ccc(O)c3c2C[C@H]2C[C@H]4C(N(C)C)C(=O)C(C(N)=O)=C(O)[C@@]4(O)C(=O)C2=C3O)c1. The number of carbonyl (C=O) groups is 4. The van der Waals surface area contributed by atoms with E-state index in [2.05, 4.69) is 5.32 Å². The van der Waals surface area contributed by atoms with Crippen molar-refractivity contribution in [3.8, 4) is 22.6 Å². The number of likely N-dealkylation sites (N-methyl/N-ethyl adjacent to an activating group) is 1. The zero-order valence-corrected chi connectivity index (χ0v) is 28.4. The smallest absolute Gasteiger partial charge is 0.322 e. The molecule has 3 aliphatic carbocycles. The Kier molecular flexibility index (Phi) is 9.66. The van der Waals surface area contributed by atoms with E-state index < -0.39 is 64.1 Å². The number of nitrogens with two attached hydrogens (primary N) is 1. The number of Topliss-reactive ketones (excluding diaryl/α,β-unsaturated/α-hetero) is 2. The predicted octanol–water partition coefficient (Wildman–Crippen LogP) is 2.32. The van der Waals surface area contributed by atoms with E-state index in [4.69, 9.17) is 15.2 Å². The van der Waals surface area contributed by atoms with Crippen LogP contribution >= 0.6 is 0 Å². The minimum Gasteiger partial charge on any atom is -0.508 e. The van der Waals surface area contributed by atoms with Crippen molar-refractivity contribution in [1.82, 2.24) is 10.2 Å². The number of fused-ring (bicyclic) bond motifs is 3. The van der Waals surface area contributed by atoms with E-state index >= 15 is 0 Å². The largest absolute Gasteiger partial charge is 0.508 e. The van der Waals surface area contributed by atoms with Crippen LogP contribution in [0.15, 0.2) is 47.2 Å². The number of amides is 1. The Bertz CT molecular complexity index is 1790. The maximum atomic E-state index is 14.2. The van der Waals surface area contributed by atoms with Crippen molar-refractivity contribution >= 4 is 29.2 Å². The minimum absolute atomic E-state index is 0.0259. The molecule has 1 fully saturated rings. The van der Waals surface area contributed by atoms with Crippen LogP contribution in [0.4, 0.5) is 0 Å². The average Bonchev–Trinajstić information content (AvgIpc) is 3.03. The maximum Gasteiger partial charge on any atom is 0.322 e. The number of ether oxygens (including phenoxy) is 2. The van der Waals surface area contributed by atoms with Gasteiger partial charge in [-0.25, -0.2) is 0 Å². The Morgan fingerprint density at radius 2 is 1.78 bits per heavy atom. The van der Waals surface area contributed by atoms with Gasteiger partial charge in [-0.3, -0.25) is 24.1 Å². The van der Waals surface area contributed by atoms with Gasteiger partial charge in [0.1, 0.15) is 34.6 Å². The van der Waals surface area contributed by atoms with Gasteiger partial charge in [-0.2, -0.15) is 0 Å². The summed E-state index contributed by atoms with van der Waals surface area (Å²) in [7, 11) is 5.95. The van der Waals surface area contributed by atoms with Gasteiger partial charge in [0.25, 0.3) is 5.91 Å². The van der Waals surface area contributed by atoms with Crippen molar-refractivity contribution in [2.24, 2.45) is 23.5 Å². The first-order valence-corrected chi connectivity index (χ1v) is 16.1. The van der Waals surface area contributed by atoms with Gasteiger partial charge in [0, 0.05) is 23.6 Å². The number of phenols is 1. The first kappa shape index (κ1) is 35.6. The number of ketones is 2. The van der Waals surface area contributed by atoms with Crippen molar-refractivity contribution in [3.05, 3.63) is 63.9 Å². The summed E-state index contributed by atoms with van der Waals surface area (Å²) >= 11 is 0. The highest BCUT2D eigenvalue weighted by atomic mass is 16.5. The zero-order valence-electron chi connectivity index (χ0n) is 28.4. The molecule has 2 aromatic carbocycles. The molecule has 2 unspecified atom stereocenters. The minimum atomic E-state index is -2.72. The molecule has 1 amide bonds. The number of nitrogens with zero attached hydrogens (tertiary/aromatic N) is 1. The molecular weight excluding hydrogens is 634 g/mol. The first-order valence-electron chi connectivity index (χ1n) is 16.1. The highest BCUT2D eigenvalue weighted by Gasteiger charge is 2.64. The molecule has 5 atom stereocenters. The van der Waals surface area contributed by atoms with Gasteiger partial charge in [-0.1, -0.05) is 26.0 Å². The van der Waals surface area contributed by atoms with Crippen LogP contribution in [0.25, 0.3) is 16.9 Å². The van der Waals surface area contributed by atoms with Crippen LogP contribution in [-0.2, 0) is 36.9 Å². The van der Waals surface area contributed by atoms with Gasteiger partial charge < -0.3 is 41.0 Å². The Morgan fingerprint density at radius 1 is 1.08 bits per heavy atom. The Balaban J connectivity index is 1.62. The van der Waals surface area contributed by atoms with Gasteiger partial charge in [0.15, 0.2) is 11.4 Å². The van der Waals surface area contributed by atoms with Crippen LogP contribution in [0, 0.1) is 17.8 Å². The van der Waals surface area contributed by atoms with Gasteiger partial charge >= 0.3 is 5.97 Å². The van der Waals surface area contributed by atoms with Crippen LogP contribution in [0.5, 0.6) is 11.5 Å². The number of esters is 1. The molecule has 0 bridgehead atoms. The number of carbonyl (C=O) groups excluding carboxylic acids is 4. The van der Waals surface area contributed by atoms with Gasteiger partial charge in [-0.05, 0) is 80.1 Å². The second-order valence-electron chi connectivity index (χ2n) is 13.6. The summed E-state index contributed by atoms with van der Waals surface area (Å²) in [6.07, 6.45) is 0.651. The second kappa shape index (κ2) is 13.3. The van der Waals surface area contributed by atoms with Crippen molar-refractivity contribution in [1.29, 1.82) is 0 Å². The molecule has 49 heavy (non-hydrogen) atoms. The van der Waals surface area contributed by atoms with Crippen LogP contribution in [0.3, 0.4) is 0 Å². The molecule has 0 spiro atoms. The summed E-state index contributed by atoms with van der Waals surface area (Å²) in [5.74, 6) is -6.80. The second-order valence-corrected chi connectivity index (χ2v) is 13.6. The van der Waals surface area contributed by atoms with Crippen LogP contribution in [-0.4, -0.2) is 94.8 Å². The quantitative estimate of drug-likeness (QED) is 0.158. The number of aliphatic hydroxyl groups is 3. The lowest BCUT2D eigenvalue weighted by Crippen LogP contribution is -2.65. The number of benzene rings is 2. The lowest BCUT2D eigenvalue weighted by atomic mass is 9.57. The van der Waals surface area contributed by atoms with Gasteiger partial charge in [0.05, 0.1) is 25.8 Å². The number of nitrogens with one attached hydrogen (secondary N) is 1. The molecule has 7 N–H and O–H groups in total. The van der Waals surface area contributed by atoms with E-state index in [1.54, 1.807) is 26.2 Å². The number of primary amides is 1. The molecule has 13 nitrogen and oxygen atoms in total. The van der Waals surface area contributed by atoms with E-state index in [1.807, 2.05) is 26.0 Å². The predicted molar refractivity (Wildman–Crippen MR) is 178 cm³/mol. The number of hydrogen-bond donors (Lipinski definition) is 6. The summed E-state index contributed by atoms with van der Waals surface area (Å²) in [6, 6.07) is 6.85. The lowest BCUT2D eigenvalue weighted by Gasteiger charge is -2.50. The monoisotopic (exact) mass is 677 g/mol. The Hall–Kier alpha value is -4.72. The van der Waals surface area contributed by atoms with E-state index in [0.29, 0.717) is 35.4 Å².